The second kappa shape index (κ2) is 8.67. The Morgan fingerprint density at radius 3 is 2.27 bits per heavy atom. The maximum absolute atomic E-state index is 11.2. The van der Waals surface area contributed by atoms with Crippen LogP contribution in [0.15, 0.2) is 48.5 Å². The molecule has 1 aromatic heterocycles. The van der Waals surface area contributed by atoms with Crippen molar-refractivity contribution in [1.82, 2.24) is 4.98 Å². The van der Waals surface area contributed by atoms with Crippen LogP contribution in [0.2, 0.25) is 0 Å². The van der Waals surface area contributed by atoms with Crippen molar-refractivity contribution in [2.45, 2.75) is 39.7 Å². The lowest BCUT2D eigenvalue weighted by Gasteiger charge is -2.18. The molecule has 0 fully saturated rings. The summed E-state index contributed by atoms with van der Waals surface area (Å²) in [6.07, 6.45) is 0. The molecule has 7 heteroatoms. The summed E-state index contributed by atoms with van der Waals surface area (Å²) >= 11 is 1.60. The zero-order valence-electron chi connectivity index (χ0n) is 17.4. The molecule has 3 aromatic rings. The Kier molecular flexibility index (Phi) is 6.22. The van der Waals surface area contributed by atoms with Gasteiger partial charge in [-0.05, 0) is 42.2 Å². The lowest BCUT2D eigenvalue weighted by molar-refractivity contribution is -0.147. The first-order valence-electron chi connectivity index (χ1n) is 9.48. The number of aromatic nitrogens is 1. The smallest absolute Gasteiger partial charge is 0.394 e. The van der Waals surface area contributed by atoms with E-state index in [1.807, 2.05) is 6.92 Å². The molecule has 6 nitrogen and oxygen atoms in total. The van der Waals surface area contributed by atoms with Gasteiger partial charge in [-0.25, -0.2) is 9.78 Å². The Bertz CT molecular complexity index is 1050. The molecule has 0 aliphatic carbocycles. The number of nitrogens with zero attached hydrogens (tertiary/aromatic N) is 1. The fourth-order valence-electron chi connectivity index (χ4n) is 2.77. The highest BCUT2D eigenvalue weighted by Crippen LogP contribution is 2.31. The number of hydrogen-bond donors (Lipinski definition) is 2. The number of amides is 1. The van der Waals surface area contributed by atoms with Crippen LogP contribution in [0.5, 0.6) is 5.75 Å². The third-order valence-electron chi connectivity index (χ3n) is 4.57. The van der Waals surface area contributed by atoms with E-state index < -0.39 is 11.9 Å². The van der Waals surface area contributed by atoms with Gasteiger partial charge in [0.2, 0.25) is 0 Å². The highest BCUT2D eigenvalue weighted by Gasteiger charge is 2.15. The van der Waals surface area contributed by atoms with Crippen molar-refractivity contribution in [3.63, 3.8) is 0 Å². The molecule has 0 saturated carbocycles. The SMILES string of the molecule is Cc1nc(-c2ccc(C(C)(C)C)cc2)sc1COc1ccc(NC(=O)C(=O)O)cc1. The van der Waals surface area contributed by atoms with Crippen molar-refractivity contribution in [2.24, 2.45) is 0 Å². The molecule has 156 valence electrons. The topological polar surface area (TPSA) is 88.5 Å². The van der Waals surface area contributed by atoms with Gasteiger partial charge in [-0.3, -0.25) is 4.79 Å². The van der Waals surface area contributed by atoms with E-state index in [1.165, 1.54) is 5.56 Å². The minimum Gasteiger partial charge on any atom is -0.488 e. The summed E-state index contributed by atoms with van der Waals surface area (Å²) in [5, 5.41) is 11.9. The maximum Gasteiger partial charge on any atom is 0.394 e. The van der Waals surface area contributed by atoms with Gasteiger partial charge in [0, 0.05) is 11.3 Å². The predicted octanol–water partition coefficient (Wildman–Crippen LogP) is 5.02. The Morgan fingerprint density at radius 2 is 1.70 bits per heavy atom. The van der Waals surface area contributed by atoms with Crippen LogP contribution in [-0.2, 0) is 21.6 Å². The van der Waals surface area contributed by atoms with Crippen LogP contribution in [0.1, 0.15) is 36.9 Å². The minimum atomic E-state index is -1.53. The molecule has 0 spiro atoms. The first kappa shape index (κ1) is 21.5. The van der Waals surface area contributed by atoms with Crippen molar-refractivity contribution in [3.05, 3.63) is 64.7 Å². The van der Waals surface area contributed by atoms with Crippen LogP contribution in [0, 0.1) is 6.92 Å². The summed E-state index contributed by atoms with van der Waals surface area (Å²) in [6.45, 7) is 8.92. The van der Waals surface area contributed by atoms with Crippen LogP contribution in [0.25, 0.3) is 10.6 Å². The van der Waals surface area contributed by atoms with E-state index in [4.69, 9.17) is 9.84 Å². The molecule has 1 amide bonds. The Hall–Kier alpha value is -3.19. The first-order chi connectivity index (χ1) is 14.1. The number of aryl methyl sites for hydroxylation is 1. The number of carboxylic acid groups (broad SMARTS) is 1. The lowest BCUT2D eigenvalue weighted by Crippen LogP contribution is -2.21. The number of benzene rings is 2. The largest absolute Gasteiger partial charge is 0.488 e. The summed E-state index contributed by atoms with van der Waals surface area (Å²) in [6, 6.07) is 15.1. The molecule has 3 rings (SSSR count). The van der Waals surface area contributed by atoms with Gasteiger partial charge in [0.05, 0.1) is 10.6 Å². The Morgan fingerprint density at radius 1 is 1.07 bits per heavy atom. The number of carboxylic acids is 1. The van der Waals surface area contributed by atoms with Gasteiger partial charge in [-0.15, -0.1) is 11.3 Å². The van der Waals surface area contributed by atoms with E-state index in [9.17, 15) is 9.59 Å². The predicted molar refractivity (Wildman–Crippen MR) is 118 cm³/mol. The van der Waals surface area contributed by atoms with Crippen LogP contribution in [0.3, 0.4) is 0 Å². The molecule has 0 saturated heterocycles. The van der Waals surface area contributed by atoms with Gasteiger partial charge in [0.1, 0.15) is 17.4 Å². The fraction of sp³-hybridized carbons (Fsp3) is 0.261. The number of carbonyl (C=O) groups is 2. The zero-order chi connectivity index (χ0) is 21.9. The van der Waals surface area contributed by atoms with E-state index in [0.29, 0.717) is 18.0 Å². The van der Waals surface area contributed by atoms with E-state index in [2.05, 4.69) is 55.3 Å². The first-order valence-corrected chi connectivity index (χ1v) is 10.3. The van der Waals surface area contributed by atoms with E-state index in [0.717, 1.165) is 21.1 Å². The average molecular weight is 425 g/mol. The van der Waals surface area contributed by atoms with Crippen molar-refractivity contribution in [1.29, 1.82) is 0 Å². The zero-order valence-corrected chi connectivity index (χ0v) is 18.2. The van der Waals surface area contributed by atoms with Gasteiger partial charge in [-0.1, -0.05) is 45.0 Å². The molecule has 0 atom stereocenters. The number of ether oxygens (including phenoxy) is 1. The number of anilines is 1. The summed E-state index contributed by atoms with van der Waals surface area (Å²) in [5.74, 6) is -1.99. The number of nitrogens with one attached hydrogen (secondary N) is 1. The highest BCUT2D eigenvalue weighted by atomic mass is 32.1. The number of rotatable bonds is 5. The molecule has 1 heterocycles. The molecule has 2 N–H and O–H groups in total. The Labute approximate surface area is 179 Å². The van der Waals surface area contributed by atoms with Crippen molar-refractivity contribution in [3.8, 4) is 16.3 Å². The molecule has 2 aromatic carbocycles. The second-order valence-electron chi connectivity index (χ2n) is 7.93. The standard InChI is InChI=1S/C23H24N2O4S/c1-14-19(13-29-18-11-9-17(10-12-18)25-20(26)22(27)28)30-21(24-14)15-5-7-16(8-6-15)23(2,3)4/h5-12H,13H2,1-4H3,(H,25,26)(H,27,28). The lowest BCUT2D eigenvalue weighted by atomic mass is 9.87. The third-order valence-corrected chi connectivity index (χ3v) is 5.75. The third kappa shape index (κ3) is 5.24. The average Bonchev–Trinajstić information content (AvgIpc) is 3.07. The normalized spacial score (nSPS) is 11.2. The maximum atomic E-state index is 11.2. The summed E-state index contributed by atoms with van der Waals surface area (Å²) in [7, 11) is 0. The molecule has 0 radical (unpaired) electrons. The quantitative estimate of drug-likeness (QED) is 0.562. The summed E-state index contributed by atoms with van der Waals surface area (Å²) in [4.78, 5) is 27.5. The molecule has 0 aliphatic heterocycles. The number of aliphatic carboxylic acids is 1. The van der Waals surface area contributed by atoms with Gasteiger partial charge < -0.3 is 15.2 Å². The van der Waals surface area contributed by atoms with E-state index in [1.54, 1.807) is 35.6 Å². The molecule has 0 unspecified atom stereocenters. The van der Waals surface area contributed by atoms with Crippen LogP contribution in [0.4, 0.5) is 5.69 Å². The van der Waals surface area contributed by atoms with Gasteiger partial charge >= 0.3 is 11.9 Å². The highest BCUT2D eigenvalue weighted by molar-refractivity contribution is 7.15. The molecular weight excluding hydrogens is 400 g/mol. The number of thiazole rings is 1. The molecule has 30 heavy (non-hydrogen) atoms. The Balaban J connectivity index is 1.65. The van der Waals surface area contributed by atoms with Crippen molar-refractivity contribution < 1.29 is 19.4 Å². The van der Waals surface area contributed by atoms with Crippen molar-refractivity contribution >= 4 is 28.9 Å². The number of carbonyl (C=O) groups excluding carboxylic acids is 1. The minimum absolute atomic E-state index is 0.113. The molecular formula is C23H24N2O4S. The second-order valence-corrected chi connectivity index (χ2v) is 9.01. The molecule has 0 bridgehead atoms. The summed E-state index contributed by atoms with van der Waals surface area (Å²) in [5.41, 5.74) is 3.80. The van der Waals surface area contributed by atoms with Gasteiger partial charge in [-0.2, -0.15) is 0 Å². The van der Waals surface area contributed by atoms with Gasteiger partial charge in [0.15, 0.2) is 0 Å². The van der Waals surface area contributed by atoms with E-state index >= 15 is 0 Å². The monoisotopic (exact) mass is 424 g/mol. The van der Waals surface area contributed by atoms with Crippen LogP contribution >= 0.6 is 11.3 Å². The fourth-order valence-corrected chi connectivity index (χ4v) is 3.75. The van der Waals surface area contributed by atoms with Crippen LogP contribution in [-0.4, -0.2) is 22.0 Å². The summed E-state index contributed by atoms with van der Waals surface area (Å²) < 4.78 is 5.83. The van der Waals surface area contributed by atoms with Crippen molar-refractivity contribution in [2.75, 3.05) is 5.32 Å². The van der Waals surface area contributed by atoms with Crippen LogP contribution < -0.4 is 10.1 Å². The van der Waals surface area contributed by atoms with Gasteiger partial charge in [0.25, 0.3) is 0 Å². The van der Waals surface area contributed by atoms with E-state index in [-0.39, 0.29) is 5.41 Å². The number of hydrogen-bond acceptors (Lipinski definition) is 5. The molecule has 0 aliphatic rings.